The molecule has 0 nitrogen and oxygen atoms in total. The molecule has 0 spiro atoms. The summed E-state index contributed by atoms with van der Waals surface area (Å²) >= 11 is -2.30. The molecule has 0 bridgehead atoms. The van der Waals surface area contributed by atoms with Gasteiger partial charge in [0.1, 0.15) is 0 Å². The Hall–Kier alpha value is -0.617. The molecule has 1 fully saturated rings. The van der Waals surface area contributed by atoms with Gasteiger partial charge in [0.05, 0.1) is 0 Å². The number of fused-ring (bicyclic) bond motifs is 3. The first-order valence-corrected chi connectivity index (χ1v) is 14.9. The third-order valence-corrected chi connectivity index (χ3v) is 19.1. The molecule has 3 heteroatoms. The Kier molecular flexibility index (Phi) is 5.24. The van der Waals surface area contributed by atoms with Crippen LogP contribution in [0.1, 0.15) is 28.6 Å². The Labute approximate surface area is 167 Å². The molecule has 0 radical (unpaired) electrons. The zero-order valence-corrected chi connectivity index (χ0v) is 18.7. The minimum Gasteiger partial charge on any atom is -0.147 e. The molecule has 1 unspecified atom stereocenters. The van der Waals surface area contributed by atoms with Crippen LogP contribution in [0.2, 0.25) is 8.26 Å². The van der Waals surface area contributed by atoms with Gasteiger partial charge in [-0.3, -0.25) is 0 Å². The van der Waals surface area contributed by atoms with Crippen molar-refractivity contribution >= 4 is 24.8 Å². The molecular weight excluding hydrogens is 426 g/mol. The van der Waals surface area contributed by atoms with Gasteiger partial charge in [0.2, 0.25) is 0 Å². The molecule has 0 amide bonds. The van der Waals surface area contributed by atoms with Crippen molar-refractivity contribution < 1.29 is 20.3 Å². The van der Waals surface area contributed by atoms with Gasteiger partial charge in [0, 0.05) is 0 Å². The Balaban J connectivity index is 0.000000911. The second-order valence-electron chi connectivity index (χ2n) is 7.51. The molecule has 2 aromatic carbocycles. The molecule has 2 aromatic rings. The van der Waals surface area contributed by atoms with E-state index in [0.717, 1.165) is 3.63 Å². The first-order chi connectivity index (χ1) is 11.2. The van der Waals surface area contributed by atoms with E-state index in [4.69, 9.17) is 0 Å². The normalized spacial score (nSPS) is 22.1. The maximum atomic E-state index is 2.44. The number of benzene rings is 2. The van der Waals surface area contributed by atoms with E-state index < -0.39 is 20.3 Å². The fourth-order valence-corrected chi connectivity index (χ4v) is 22.1. The molecule has 1 atom stereocenters. The van der Waals surface area contributed by atoms with Gasteiger partial charge < -0.3 is 0 Å². The molecule has 3 aliphatic rings. The average Bonchev–Trinajstić information content (AvgIpc) is 3.17. The topological polar surface area (TPSA) is 0 Å². The van der Waals surface area contributed by atoms with E-state index in [1.54, 1.807) is 25.0 Å². The van der Waals surface area contributed by atoms with Crippen molar-refractivity contribution in [3.63, 3.8) is 0 Å². The van der Waals surface area contributed by atoms with Gasteiger partial charge in [-0.1, -0.05) is 0 Å². The predicted octanol–water partition coefficient (Wildman–Crippen LogP) is 7.08. The summed E-state index contributed by atoms with van der Waals surface area (Å²) in [7, 11) is 0. The van der Waals surface area contributed by atoms with Gasteiger partial charge in [-0.25, -0.2) is 0 Å². The number of hydrogen-bond donors (Lipinski definition) is 0. The molecule has 0 aromatic heterocycles. The SMILES string of the molecule is CC1=[C]([Zr]2([CH]3c4ccccc4-c4ccccc43)[CH2][CH2]2)C(C)C=C1.Cl.Cl. The summed E-state index contributed by atoms with van der Waals surface area (Å²) in [5.41, 5.74) is 7.90. The first kappa shape index (κ1) is 19.2. The second-order valence-corrected chi connectivity index (χ2v) is 18.4. The maximum Gasteiger partial charge on any atom is -0.147 e. The van der Waals surface area contributed by atoms with Crippen molar-refractivity contribution in [2.75, 3.05) is 0 Å². The van der Waals surface area contributed by atoms with E-state index in [0.29, 0.717) is 5.92 Å². The van der Waals surface area contributed by atoms with E-state index in [-0.39, 0.29) is 24.8 Å². The minimum atomic E-state index is -2.30. The van der Waals surface area contributed by atoms with Gasteiger partial charge in [-0.2, -0.15) is 0 Å². The van der Waals surface area contributed by atoms with Crippen LogP contribution in [0.5, 0.6) is 0 Å². The van der Waals surface area contributed by atoms with Gasteiger partial charge in [0.25, 0.3) is 0 Å². The van der Waals surface area contributed by atoms with E-state index in [1.807, 2.05) is 3.28 Å². The first-order valence-electron chi connectivity index (χ1n) is 8.80. The number of halogens is 2. The van der Waals surface area contributed by atoms with Crippen LogP contribution < -0.4 is 0 Å². The summed E-state index contributed by atoms with van der Waals surface area (Å²) in [6.45, 7) is 4.78. The van der Waals surface area contributed by atoms with Crippen LogP contribution in [0.3, 0.4) is 0 Å². The van der Waals surface area contributed by atoms with Gasteiger partial charge in [-0.05, 0) is 0 Å². The number of hydrogen-bond acceptors (Lipinski definition) is 0. The fourth-order valence-electron chi connectivity index (χ4n) is 5.28. The average molecular weight is 451 g/mol. The smallest absolute Gasteiger partial charge is 0.147 e. The molecule has 130 valence electrons. The van der Waals surface area contributed by atoms with E-state index >= 15 is 0 Å². The van der Waals surface area contributed by atoms with Crippen molar-refractivity contribution in [1.82, 2.24) is 0 Å². The Morgan fingerprint density at radius 2 is 1.36 bits per heavy atom. The van der Waals surface area contributed by atoms with E-state index in [1.165, 1.54) is 11.1 Å². The summed E-state index contributed by atoms with van der Waals surface area (Å²) in [5, 5.41) is 0. The quantitative estimate of drug-likeness (QED) is 0.458. The van der Waals surface area contributed by atoms with Crippen molar-refractivity contribution in [1.29, 1.82) is 0 Å². The standard InChI is InChI=1S/C13H9.C7H9.C2H4.2ClH.Zr/c1-3-7-12-10(5-1)9-11-6-2-4-8-13(11)12;1-6-3-4-7(2)5-6;1-2;;;/h1-9H;3-4,6H,1-2H3;1-2H2;2*1H;. The third kappa shape index (κ3) is 2.66. The maximum absolute atomic E-state index is 2.44. The zero-order valence-electron chi connectivity index (χ0n) is 14.7. The summed E-state index contributed by atoms with van der Waals surface area (Å²) in [4.78, 5) is 0. The van der Waals surface area contributed by atoms with Crippen molar-refractivity contribution in [2.45, 2.75) is 25.7 Å². The molecule has 0 N–H and O–H groups in total. The van der Waals surface area contributed by atoms with Gasteiger partial charge in [0.15, 0.2) is 0 Å². The van der Waals surface area contributed by atoms with Crippen molar-refractivity contribution in [3.8, 4) is 11.1 Å². The zero-order chi connectivity index (χ0) is 15.6. The third-order valence-electron chi connectivity index (χ3n) is 6.23. The van der Waals surface area contributed by atoms with Crippen LogP contribution in [-0.2, 0) is 20.3 Å². The van der Waals surface area contributed by atoms with Gasteiger partial charge >= 0.3 is 144 Å². The molecule has 1 saturated heterocycles. The Morgan fingerprint density at radius 3 is 1.80 bits per heavy atom. The summed E-state index contributed by atoms with van der Waals surface area (Å²) in [6, 6.07) is 18.4. The molecule has 5 rings (SSSR count). The van der Waals surface area contributed by atoms with E-state index in [2.05, 4.69) is 74.5 Å². The largest absolute Gasteiger partial charge is 0.147 e. The molecular formula is C22H24Cl2Zr. The van der Waals surface area contributed by atoms with Crippen LogP contribution in [-0.4, -0.2) is 0 Å². The molecule has 0 saturated carbocycles. The summed E-state index contributed by atoms with van der Waals surface area (Å²) < 4.78 is 5.75. The summed E-state index contributed by atoms with van der Waals surface area (Å²) in [5.74, 6) is 0.688. The summed E-state index contributed by atoms with van der Waals surface area (Å²) in [6.07, 6.45) is 4.83. The van der Waals surface area contributed by atoms with Crippen LogP contribution in [0, 0.1) is 5.92 Å². The minimum absolute atomic E-state index is 0. The predicted molar refractivity (Wildman–Crippen MR) is 109 cm³/mol. The Morgan fingerprint density at radius 1 is 0.840 bits per heavy atom. The van der Waals surface area contributed by atoms with Crippen LogP contribution >= 0.6 is 24.8 Å². The molecule has 2 aliphatic carbocycles. The fraction of sp³-hybridized carbons (Fsp3) is 0.273. The van der Waals surface area contributed by atoms with Crippen molar-refractivity contribution in [2.24, 2.45) is 5.92 Å². The van der Waals surface area contributed by atoms with Crippen molar-refractivity contribution in [3.05, 3.63) is 80.7 Å². The number of rotatable bonds is 2. The molecule has 1 aliphatic heterocycles. The monoisotopic (exact) mass is 448 g/mol. The number of allylic oxidation sites excluding steroid dienone is 4. The van der Waals surface area contributed by atoms with Crippen LogP contribution in [0.25, 0.3) is 11.1 Å². The van der Waals surface area contributed by atoms with Crippen LogP contribution in [0.4, 0.5) is 0 Å². The van der Waals surface area contributed by atoms with Crippen LogP contribution in [0.15, 0.2) is 69.5 Å². The second kappa shape index (κ2) is 6.84. The Bertz CT molecular complexity index is 832. The molecule has 25 heavy (non-hydrogen) atoms. The van der Waals surface area contributed by atoms with Gasteiger partial charge in [-0.15, -0.1) is 24.8 Å². The van der Waals surface area contributed by atoms with E-state index in [9.17, 15) is 0 Å². The molecule has 1 heterocycles.